The van der Waals surface area contributed by atoms with Gasteiger partial charge in [-0.05, 0) is 37.3 Å². The van der Waals surface area contributed by atoms with Gasteiger partial charge >= 0.3 is 6.03 Å². The number of ether oxygens (including phenoxy) is 1. The summed E-state index contributed by atoms with van der Waals surface area (Å²) in [5.74, 6) is 0.694. The Morgan fingerprint density at radius 3 is 2.57 bits per heavy atom. The molecule has 4 N–H and O–H groups in total. The van der Waals surface area contributed by atoms with E-state index in [1.807, 2.05) is 31.2 Å². The van der Waals surface area contributed by atoms with Crippen LogP contribution in [-0.4, -0.2) is 13.1 Å². The molecule has 0 aliphatic rings. The van der Waals surface area contributed by atoms with Crippen LogP contribution in [0.4, 0.5) is 16.2 Å². The van der Waals surface area contributed by atoms with Crippen molar-refractivity contribution in [3.05, 3.63) is 53.6 Å². The fourth-order valence-electron chi connectivity index (χ4n) is 1.92. The number of methoxy groups -OCH3 is 1. The van der Waals surface area contributed by atoms with Crippen molar-refractivity contribution in [1.82, 2.24) is 5.32 Å². The number of aryl methyl sites for hydroxylation is 1. The summed E-state index contributed by atoms with van der Waals surface area (Å²) in [5, 5.41) is 5.55. The highest BCUT2D eigenvalue weighted by Crippen LogP contribution is 2.20. The molecule has 0 atom stereocenters. The summed E-state index contributed by atoms with van der Waals surface area (Å²) < 4.78 is 5.24. The fourth-order valence-corrected chi connectivity index (χ4v) is 1.92. The highest BCUT2D eigenvalue weighted by atomic mass is 16.5. The van der Waals surface area contributed by atoms with Crippen LogP contribution in [0.5, 0.6) is 5.75 Å². The van der Waals surface area contributed by atoms with Gasteiger partial charge in [-0.3, -0.25) is 0 Å². The molecule has 5 nitrogen and oxygen atoms in total. The van der Waals surface area contributed by atoms with Gasteiger partial charge in [0.25, 0.3) is 0 Å². The van der Waals surface area contributed by atoms with Crippen molar-refractivity contribution in [3.63, 3.8) is 0 Å². The van der Waals surface area contributed by atoms with Gasteiger partial charge < -0.3 is 21.1 Å². The topological polar surface area (TPSA) is 76.4 Å². The standard InChI is InChI=1S/C16H19N3O2/c1-11-3-6-14(7-4-11)19-16(20)18-10-12-9-13(17)5-8-15(12)21-2/h3-9H,10,17H2,1-2H3,(H2,18,19,20). The average molecular weight is 285 g/mol. The minimum absolute atomic E-state index is 0.275. The maximum Gasteiger partial charge on any atom is 0.319 e. The molecule has 2 amide bonds. The van der Waals surface area contributed by atoms with Crippen LogP contribution in [0.15, 0.2) is 42.5 Å². The Morgan fingerprint density at radius 1 is 1.19 bits per heavy atom. The zero-order valence-electron chi connectivity index (χ0n) is 12.1. The SMILES string of the molecule is COc1ccc(N)cc1CNC(=O)Nc1ccc(C)cc1. The second-order valence-corrected chi connectivity index (χ2v) is 4.74. The van der Waals surface area contributed by atoms with Crippen molar-refractivity contribution in [1.29, 1.82) is 0 Å². The molecule has 0 aliphatic carbocycles. The lowest BCUT2D eigenvalue weighted by atomic mass is 10.2. The van der Waals surface area contributed by atoms with E-state index < -0.39 is 0 Å². The van der Waals surface area contributed by atoms with Gasteiger partial charge in [0, 0.05) is 23.5 Å². The number of rotatable bonds is 4. The van der Waals surface area contributed by atoms with Crippen LogP contribution in [0.2, 0.25) is 0 Å². The summed E-state index contributed by atoms with van der Waals surface area (Å²) >= 11 is 0. The van der Waals surface area contributed by atoms with E-state index >= 15 is 0 Å². The number of hydrogen-bond acceptors (Lipinski definition) is 3. The lowest BCUT2D eigenvalue weighted by molar-refractivity contribution is 0.251. The number of hydrogen-bond donors (Lipinski definition) is 3. The maximum absolute atomic E-state index is 11.9. The molecule has 0 unspecified atom stereocenters. The summed E-state index contributed by atoms with van der Waals surface area (Å²) in [7, 11) is 1.58. The molecule has 0 bridgehead atoms. The zero-order chi connectivity index (χ0) is 15.2. The van der Waals surface area contributed by atoms with Gasteiger partial charge in [-0.15, -0.1) is 0 Å². The number of carbonyl (C=O) groups is 1. The number of anilines is 2. The highest BCUT2D eigenvalue weighted by Gasteiger charge is 2.06. The Kier molecular flexibility index (Phi) is 4.66. The first-order valence-electron chi connectivity index (χ1n) is 6.62. The molecule has 21 heavy (non-hydrogen) atoms. The van der Waals surface area contributed by atoms with Gasteiger partial charge in [0.15, 0.2) is 0 Å². The van der Waals surface area contributed by atoms with Gasteiger partial charge in [-0.1, -0.05) is 17.7 Å². The predicted octanol–water partition coefficient (Wildman–Crippen LogP) is 2.91. The number of amides is 2. The number of nitrogens with two attached hydrogens (primary N) is 1. The largest absolute Gasteiger partial charge is 0.496 e. The molecule has 2 aromatic carbocycles. The van der Waals surface area contributed by atoms with Gasteiger partial charge in [0.05, 0.1) is 7.11 Å². The zero-order valence-corrected chi connectivity index (χ0v) is 12.1. The number of urea groups is 1. The van der Waals surface area contributed by atoms with Crippen LogP contribution in [0.3, 0.4) is 0 Å². The van der Waals surface area contributed by atoms with Crippen molar-refractivity contribution in [2.45, 2.75) is 13.5 Å². The first-order chi connectivity index (χ1) is 10.1. The molecule has 0 aliphatic heterocycles. The number of carbonyl (C=O) groups excluding carboxylic acids is 1. The number of benzene rings is 2. The van der Waals surface area contributed by atoms with E-state index in [-0.39, 0.29) is 6.03 Å². The maximum atomic E-state index is 11.9. The second kappa shape index (κ2) is 6.65. The Morgan fingerprint density at radius 2 is 1.90 bits per heavy atom. The van der Waals surface area contributed by atoms with E-state index in [4.69, 9.17) is 10.5 Å². The molecule has 0 saturated carbocycles. The van der Waals surface area contributed by atoms with Crippen LogP contribution in [0, 0.1) is 6.92 Å². The minimum Gasteiger partial charge on any atom is -0.496 e. The summed E-state index contributed by atoms with van der Waals surface area (Å²) in [6, 6.07) is 12.6. The van der Waals surface area contributed by atoms with Gasteiger partial charge in [0.1, 0.15) is 5.75 Å². The van der Waals surface area contributed by atoms with Crippen LogP contribution >= 0.6 is 0 Å². The molecular weight excluding hydrogens is 266 g/mol. The van der Waals surface area contributed by atoms with Crippen LogP contribution in [-0.2, 0) is 6.54 Å². The van der Waals surface area contributed by atoms with E-state index in [0.29, 0.717) is 18.0 Å². The monoisotopic (exact) mass is 285 g/mol. The van der Waals surface area contributed by atoms with Gasteiger partial charge in [-0.25, -0.2) is 4.79 Å². The Bertz CT molecular complexity index is 624. The molecule has 0 fully saturated rings. The molecule has 110 valence electrons. The van der Waals surface area contributed by atoms with Crippen molar-refractivity contribution in [3.8, 4) is 5.75 Å². The quantitative estimate of drug-likeness (QED) is 0.756. The molecule has 0 saturated heterocycles. The highest BCUT2D eigenvalue weighted by molar-refractivity contribution is 5.89. The molecule has 2 aromatic rings. The van der Waals surface area contributed by atoms with E-state index in [1.165, 1.54) is 0 Å². The summed E-state index contributed by atoms with van der Waals surface area (Å²) in [5.41, 5.74) is 9.10. The molecule has 2 rings (SSSR count). The van der Waals surface area contributed by atoms with Crippen molar-refractivity contribution in [2.24, 2.45) is 0 Å². The molecule has 5 heteroatoms. The van der Waals surface area contributed by atoms with Crippen LogP contribution in [0.25, 0.3) is 0 Å². The van der Waals surface area contributed by atoms with Gasteiger partial charge in [-0.2, -0.15) is 0 Å². The fraction of sp³-hybridized carbons (Fsp3) is 0.188. The summed E-state index contributed by atoms with van der Waals surface area (Å²) in [4.78, 5) is 11.9. The van der Waals surface area contributed by atoms with E-state index in [1.54, 1.807) is 25.3 Å². The molecule has 0 radical (unpaired) electrons. The van der Waals surface area contributed by atoms with Crippen molar-refractivity contribution < 1.29 is 9.53 Å². The molecule has 0 heterocycles. The molecular formula is C16H19N3O2. The number of nitrogens with one attached hydrogen (secondary N) is 2. The Hall–Kier alpha value is -2.69. The Labute approximate surface area is 124 Å². The lowest BCUT2D eigenvalue weighted by Gasteiger charge is -2.11. The Balaban J connectivity index is 1.95. The third-order valence-corrected chi connectivity index (χ3v) is 3.05. The van der Waals surface area contributed by atoms with Gasteiger partial charge in [0.2, 0.25) is 0 Å². The number of nitrogen functional groups attached to an aromatic ring is 1. The van der Waals surface area contributed by atoms with Crippen molar-refractivity contribution in [2.75, 3.05) is 18.2 Å². The second-order valence-electron chi connectivity index (χ2n) is 4.74. The first kappa shape index (κ1) is 14.7. The first-order valence-corrected chi connectivity index (χ1v) is 6.62. The van der Waals surface area contributed by atoms with E-state index in [2.05, 4.69) is 10.6 Å². The van der Waals surface area contributed by atoms with Crippen LogP contribution in [0.1, 0.15) is 11.1 Å². The molecule has 0 spiro atoms. The minimum atomic E-state index is -0.275. The lowest BCUT2D eigenvalue weighted by Crippen LogP contribution is -2.28. The normalized spacial score (nSPS) is 10.0. The van der Waals surface area contributed by atoms with Crippen LogP contribution < -0.4 is 21.1 Å². The van der Waals surface area contributed by atoms with E-state index in [9.17, 15) is 4.79 Å². The van der Waals surface area contributed by atoms with Crippen molar-refractivity contribution >= 4 is 17.4 Å². The predicted molar refractivity (Wildman–Crippen MR) is 84.4 cm³/mol. The third-order valence-electron chi connectivity index (χ3n) is 3.05. The third kappa shape index (κ3) is 4.14. The molecule has 0 aromatic heterocycles. The van der Waals surface area contributed by atoms with E-state index in [0.717, 1.165) is 16.8 Å². The summed E-state index contributed by atoms with van der Waals surface area (Å²) in [6.07, 6.45) is 0. The average Bonchev–Trinajstić information content (AvgIpc) is 2.48. The smallest absolute Gasteiger partial charge is 0.319 e. The summed E-state index contributed by atoms with van der Waals surface area (Å²) in [6.45, 7) is 2.34.